The number of amides is 1. The van der Waals surface area contributed by atoms with Crippen LogP contribution in [-0.4, -0.2) is 28.4 Å². The maximum Gasteiger partial charge on any atom is 0.230 e. The van der Waals surface area contributed by atoms with Gasteiger partial charge in [-0.3, -0.25) is 4.79 Å². The molecular formula is C18H25N3OS2. The van der Waals surface area contributed by atoms with Crippen LogP contribution in [0.15, 0.2) is 22.0 Å². The van der Waals surface area contributed by atoms with Crippen molar-refractivity contribution in [1.29, 1.82) is 0 Å². The number of aryl methyl sites for hydroxylation is 2. The number of carbonyl (C=O) groups excluding carboxylic acids is 1. The van der Waals surface area contributed by atoms with E-state index < -0.39 is 0 Å². The van der Waals surface area contributed by atoms with Crippen LogP contribution >= 0.6 is 23.1 Å². The molecule has 1 heterocycles. The van der Waals surface area contributed by atoms with E-state index in [0.717, 1.165) is 10.8 Å². The molecule has 4 nitrogen and oxygen atoms in total. The van der Waals surface area contributed by atoms with Crippen LogP contribution in [0.5, 0.6) is 0 Å². The number of hydrogen-bond acceptors (Lipinski definition) is 5. The highest BCUT2D eigenvalue weighted by atomic mass is 32.2. The molecule has 1 aromatic heterocycles. The predicted octanol–water partition coefficient (Wildman–Crippen LogP) is 3.90. The Bertz CT molecular complexity index is 668. The molecule has 1 N–H and O–H groups in total. The molecule has 24 heavy (non-hydrogen) atoms. The maximum absolute atomic E-state index is 11.9. The van der Waals surface area contributed by atoms with E-state index in [4.69, 9.17) is 0 Å². The number of nitrogens with one attached hydrogen (secondary N) is 1. The van der Waals surface area contributed by atoms with E-state index in [1.54, 1.807) is 5.51 Å². The van der Waals surface area contributed by atoms with Crippen LogP contribution in [0.1, 0.15) is 43.0 Å². The Hall–Kier alpha value is -1.40. The molecule has 0 spiro atoms. The second-order valence-electron chi connectivity index (χ2n) is 6.93. The fourth-order valence-corrected chi connectivity index (χ4v) is 3.87. The van der Waals surface area contributed by atoms with Gasteiger partial charge in [-0.1, -0.05) is 56.0 Å². The van der Waals surface area contributed by atoms with Crippen molar-refractivity contribution in [3.8, 4) is 0 Å². The van der Waals surface area contributed by atoms with Crippen LogP contribution in [-0.2, 0) is 16.6 Å². The number of rotatable bonds is 6. The molecule has 0 aliphatic carbocycles. The van der Waals surface area contributed by atoms with E-state index in [1.807, 2.05) is 0 Å². The number of benzene rings is 1. The van der Waals surface area contributed by atoms with Gasteiger partial charge < -0.3 is 5.32 Å². The van der Waals surface area contributed by atoms with Gasteiger partial charge in [0.25, 0.3) is 0 Å². The Morgan fingerprint density at radius 3 is 2.46 bits per heavy atom. The van der Waals surface area contributed by atoms with Gasteiger partial charge in [0.05, 0.1) is 5.75 Å². The summed E-state index contributed by atoms with van der Waals surface area (Å²) in [5.74, 6) is 0.424. The van der Waals surface area contributed by atoms with Gasteiger partial charge in [-0.25, -0.2) is 0 Å². The van der Waals surface area contributed by atoms with Crippen molar-refractivity contribution in [2.24, 2.45) is 0 Å². The molecular weight excluding hydrogens is 338 g/mol. The third kappa shape index (κ3) is 5.31. The van der Waals surface area contributed by atoms with Crippen LogP contribution in [0.3, 0.4) is 0 Å². The van der Waals surface area contributed by atoms with Gasteiger partial charge in [0.1, 0.15) is 5.51 Å². The van der Waals surface area contributed by atoms with Crippen molar-refractivity contribution in [3.63, 3.8) is 0 Å². The van der Waals surface area contributed by atoms with Crippen molar-refractivity contribution in [3.05, 3.63) is 39.9 Å². The third-order valence-electron chi connectivity index (χ3n) is 3.93. The molecule has 0 bridgehead atoms. The molecule has 0 unspecified atom stereocenters. The normalized spacial score (nSPS) is 11.5. The first-order valence-electron chi connectivity index (χ1n) is 8.03. The molecule has 2 rings (SSSR count). The molecule has 6 heteroatoms. The molecule has 1 aromatic carbocycles. The summed E-state index contributed by atoms with van der Waals surface area (Å²) in [6.07, 6.45) is 0.858. The molecule has 2 aromatic rings. The first-order chi connectivity index (χ1) is 11.3. The second kappa shape index (κ2) is 8.12. The predicted molar refractivity (Wildman–Crippen MR) is 102 cm³/mol. The van der Waals surface area contributed by atoms with Gasteiger partial charge >= 0.3 is 0 Å². The molecule has 0 fully saturated rings. The molecule has 1 amide bonds. The lowest BCUT2D eigenvalue weighted by Gasteiger charge is -2.22. The zero-order valence-electron chi connectivity index (χ0n) is 15.0. The minimum Gasteiger partial charge on any atom is -0.355 e. The van der Waals surface area contributed by atoms with Crippen LogP contribution in [0.25, 0.3) is 0 Å². The summed E-state index contributed by atoms with van der Waals surface area (Å²) in [5, 5.41) is 10.7. The van der Waals surface area contributed by atoms with E-state index in [0.29, 0.717) is 12.3 Å². The number of thioether (sulfide) groups is 1. The minimum atomic E-state index is 0.0387. The highest BCUT2D eigenvalue weighted by Gasteiger charge is 2.16. The maximum atomic E-state index is 11.9. The van der Waals surface area contributed by atoms with Gasteiger partial charge in [0.15, 0.2) is 4.34 Å². The summed E-state index contributed by atoms with van der Waals surface area (Å²) in [7, 11) is 0. The quantitative estimate of drug-likeness (QED) is 0.791. The summed E-state index contributed by atoms with van der Waals surface area (Å²) in [6.45, 7) is 11.7. The van der Waals surface area contributed by atoms with E-state index in [1.165, 1.54) is 45.4 Å². The molecule has 0 saturated carbocycles. The van der Waals surface area contributed by atoms with Crippen LogP contribution in [0, 0.1) is 13.8 Å². The average Bonchev–Trinajstić information content (AvgIpc) is 3.00. The van der Waals surface area contributed by atoms with Crippen LogP contribution < -0.4 is 5.32 Å². The van der Waals surface area contributed by atoms with Crippen LogP contribution in [0.2, 0.25) is 0 Å². The fourth-order valence-electron chi connectivity index (χ4n) is 2.55. The summed E-state index contributed by atoms with van der Waals surface area (Å²) >= 11 is 2.88. The van der Waals surface area contributed by atoms with E-state index in [2.05, 4.69) is 62.3 Å². The molecule has 130 valence electrons. The van der Waals surface area contributed by atoms with Crippen molar-refractivity contribution in [1.82, 2.24) is 15.5 Å². The standard InChI is InChI=1S/C18H25N3OS2/c1-12-8-14(18(3,4)5)9-13(2)15(12)6-7-19-16(22)10-23-17-21-20-11-24-17/h8-9,11H,6-7,10H2,1-5H3,(H,19,22). The lowest BCUT2D eigenvalue weighted by Crippen LogP contribution is -2.27. The van der Waals surface area contributed by atoms with Crippen molar-refractivity contribution >= 4 is 29.0 Å². The zero-order chi connectivity index (χ0) is 17.7. The van der Waals surface area contributed by atoms with Gasteiger partial charge in [0.2, 0.25) is 5.91 Å². The van der Waals surface area contributed by atoms with E-state index >= 15 is 0 Å². The summed E-state index contributed by atoms with van der Waals surface area (Å²) < 4.78 is 0.828. The van der Waals surface area contributed by atoms with Gasteiger partial charge in [0, 0.05) is 6.54 Å². The van der Waals surface area contributed by atoms with Crippen molar-refractivity contribution < 1.29 is 4.79 Å². The lowest BCUT2D eigenvalue weighted by molar-refractivity contribution is -0.118. The Kier molecular flexibility index (Phi) is 6.40. The molecule has 0 atom stereocenters. The van der Waals surface area contributed by atoms with Gasteiger partial charge in [-0.15, -0.1) is 10.2 Å². The van der Waals surface area contributed by atoms with E-state index in [9.17, 15) is 4.79 Å². The number of hydrogen-bond donors (Lipinski definition) is 1. The van der Waals surface area contributed by atoms with Crippen molar-refractivity contribution in [2.45, 2.75) is 50.8 Å². The third-order valence-corrected chi connectivity index (χ3v) is 5.79. The number of aromatic nitrogens is 2. The summed E-state index contributed by atoms with van der Waals surface area (Å²) in [5.41, 5.74) is 7.13. The average molecular weight is 364 g/mol. The first-order valence-corrected chi connectivity index (χ1v) is 9.90. The largest absolute Gasteiger partial charge is 0.355 e. The zero-order valence-corrected chi connectivity index (χ0v) is 16.6. The smallest absolute Gasteiger partial charge is 0.230 e. The van der Waals surface area contributed by atoms with Gasteiger partial charge in [-0.05, 0) is 47.9 Å². The number of nitrogens with zero attached hydrogens (tertiary/aromatic N) is 2. The van der Waals surface area contributed by atoms with E-state index in [-0.39, 0.29) is 11.3 Å². The fraction of sp³-hybridized carbons (Fsp3) is 0.500. The molecule has 0 aliphatic rings. The molecule has 0 aliphatic heterocycles. The Labute approximate surface area is 152 Å². The number of carbonyl (C=O) groups is 1. The Morgan fingerprint density at radius 2 is 1.92 bits per heavy atom. The Balaban J connectivity index is 1.86. The van der Waals surface area contributed by atoms with Crippen molar-refractivity contribution in [2.75, 3.05) is 12.3 Å². The lowest BCUT2D eigenvalue weighted by atomic mass is 9.83. The first kappa shape index (κ1) is 18.9. The second-order valence-corrected chi connectivity index (χ2v) is 8.99. The minimum absolute atomic E-state index is 0.0387. The van der Waals surface area contributed by atoms with Gasteiger partial charge in [-0.2, -0.15) is 0 Å². The van der Waals surface area contributed by atoms with Crippen LogP contribution in [0.4, 0.5) is 0 Å². The summed E-state index contributed by atoms with van der Waals surface area (Å²) in [4.78, 5) is 11.9. The molecule has 0 radical (unpaired) electrons. The molecule has 0 saturated heterocycles. The monoisotopic (exact) mass is 363 g/mol. The Morgan fingerprint density at radius 1 is 1.25 bits per heavy atom. The summed E-state index contributed by atoms with van der Waals surface area (Å²) in [6, 6.07) is 4.55. The highest BCUT2D eigenvalue weighted by Crippen LogP contribution is 2.27. The topological polar surface area (TPSA) is 54.9 Å². The highest BCUT2D eigenvalue weighted by molar-refractivity contribution is 8.01. The SMILES string of the molecule is Cc1cc(C(C)(C)C)cc(C)c1CCNC(=O)CSc1nncs1.